The molecule has 2 aromatic rings. The van der Waals surface area contributed by atoms with Gasteiger partial charge in [-0.3, -0.25) is 9.79 Å². The topological polar surface area (TPSA) is 60.0 Å². The standard InChI is InChI=1S/C23H29F2N5O.HI/c1-3-26-23(27-11-10-18-4-7-20(8-5-18)28-17(2)31)30-14-12-29(13-15-30)22-16-19(24)6-9-21(22)25;/h4-9,16H,3,10-15H2,1-2H3,(H,26,27)(H,28,31);1H. The summed E-state index contributed by atoms with van der Waals surface area (Å²) in [6.45, 7) is 7.42. The van der Waals surface area contributed by atoms with Gasteiger partial charge in [0.1, 0.15) is 11.6 Å². The molecule has 0 bridgehead atoms. The van der Waals surface area contributed by atoms with Crippen molar-refractivity contribution in [3.8, 4) is 0 Å². The molecule has 174 valence electrons. The Hall–Kier alpha value is -2.43. The summed E-state index contributed by atoms with van der Waals surface area (Å²) >= 11 is 0. The molecule has 9 heteroatoms. The van der Waals surface area contributed by atoms with Gasteiger partial charge in [0.25, 0.3) is 0 Å². The van der Waals surface area contributed by atoms with Gasteiger partial charge in [0.2, 0.25) is 5.91 Å². The maximum atomic E-state index is 14.1. The lowest BCUT2D eigenvalue weighted by Crippen LogP contribution is -2.52. The summed E-state index contributed by atoms with van der Waals surface area (Å²) in [6, 6.07) is 11.3. The van der Waals surface area contributed by atoms with Crippen LogP contribution in [-0.4, -0.2) is 56.0 Å². The number of carbonyl (C=O) groups is 1. The number of rotatable bonds is 6. The highest BCUT2D eigenvalue weighted by Crippen LogP contribution is 2.22. The Balaban J connectivity index is 0.00000363. The molecule has 1 heterocycles. The zero-order valence-corrected chi connectivity index (χ0v) is 20.7. The van der Waals surface area contributed by atoms with Crippen molar-refractivity contribution in [1.82, 2.24) is 10.2 Å². The van der Waals surface area contributed by atoms with Crippen LogP contribution in [0.25, 0.3) is 0 Å². The Morgan fingerprint density at radius 1 is 1.06 bits per heavy atom. The number of nitrogens with one attached hydrogen (secondary N) is 2. The number of anilines is 2. The Morgan fingerprint density at radius 3 is 2.38 bits per heavy atom. The van der Waals surface area contributed by atoms with Crippen LogP contribution < -0.4 is 15.5 Å². The first-order valence-corrected chi connectivity index (χ1v) is 10.6. The number of hydrogen-bond donors (Lipinski definition) is 2. The molecule has 32 heavy (non-hydrogen) atoms. The van der Waals surface area contributed by atoms with E-state index >= 15 is 0 Å². The number of aliphatic imine (C=N–C) groups is 1. The van der Waals surface area contributed by atoms with Gasteiger partial charge in [-0.15, -0.1) is 24.0 Å². The highest BCUT2D eigenvalue weighted by atomic mass is 127. The minimum absolute atomic E-state index is 0. The van der Waals surface area contributed by atoms with Crippen molar-refractivity contribution in [1.29, 1.82) is 0 Å². The third-order valence-corrected chi connectivity index (χ3v) is 5.10. The lowest BCUT2D eigenvalue weighted by molar-refractivity contribution is -0.114. The first kappa shape index (κ1) is 25.8. The van der Waals surface area contributed by atoms with Crippen LogP contribution >= 0.6 is 24.0 Å². The molecule has 6 nitrogen and oxygen atoms in total. The summed E-state index contributed by atoms with van der Waals surface area (Å²) in [4.78, 5) is 19.9. The van der Waals surface area contributed by atoms with Crippen LogP contribution in [0.15, 0.2) is 47.5 Å². The van der Waals surface area contributed by atoms with Crippen LogP contribution in [0.3, 0.4) is 0 Å². The van der Waals surface area contributed by atoms with Gasteiger partial charge in [-0.25, -0.2) is 8.78 Å². The van der Waals surface area contributed by atoms with Crippen molar-refractivity contribution in [3.63, 3.8) is 0 Å². The van der Waals surface area contributed by atoms with Gasteiger partial charge in [-0.2, -0.15) is 0 Å². The molecule has 0 saturated carbocycles. The van der Waals surface area contributed by atoms with E-state index in [0.717, 1.165) is 36.2 Å². The van der Waals surface area contributed by atoms with Crippen molar-refractivity contribution in [2.24, 2.45) is 4.99 Å². The molecule has 0 atom stereocenters. The van der Waals surface area contributed by atoms with E-state index in [1.54, 1.807) is 0 Å². The molecule has 1 fully saturated rings. The van der Waals surface area contributed by atoms with E-state index < -0.39 is 11.6 Å². The molecule has 3 rings (SSSR count). The number of piperazine rings is 1. The minimum Gasteiger partial charge on any atom is -0.366 e. The normalized spacial score (nSPS) is 14.1. The number of halogens is 3. The molecular weight excluding hydrogens is 527 g/mol. The van der Waals surface area contributed by atoms with Crippen molar-refractivity contribution in [2.75, 3.05) is 49.5 Å². The molecule has 1 amide bonds. The fourth-order valence-corrected chi connectivity index (χ4v) is 3.56. The van der Waals surface area contributed by atoms with Crippen LogP contribution in [0.1, 0.15) is 19.4 Å². The second-order valence-electron chi connectivity index (χ2n) is 7.43. The van der Waals surface area contributed by atoms with Crippen molar-refractivity contribution in [3.05, 3.63) is 59.7 Å². The summed E-state index contributed by atoms with van der Waals surface area (Å²) < 4.78 is 27.6. The average Bonchev–Trinajstić information content (AvgIpc) is 2.76. The summed E-state index contributed by atoms with van der Waals surface area (Å²) in [6.07, 6.45) is 0.781. The molecule has 2 aromatic carbocycles. The smallest absolute Gasteiger partial charge is 0.221 e. The summed E-state index contributed by atoms with van der Waals surface area (Å²) in [5, 5.41) is 6.08. The molecule has 0 unspecified atom stereocenters. The Labute approximate surface area is 205 Å². The third-order valence-electron chi connectivity index (χ3n) is 5.10. The van der Waals surface area contributed by atoms with Crippen LogP contribution in [-0.2, 0) is 11.2 Å². The van der Waals surface area contributed by atoms with E-state index in [4.69, 9.17) is 4.99 Å². The van der Waals surface area contributed by atoms with Crippen molar-refractivity contribution >= 4 is 47.2 Å². The highest BCUT2D eigenvalue weighted by Gasteiger charge is 2.22. The summed E-state index contributed by atoms with van der Waals surface area (Å²) in [5.41, 5.74) is 2.23. The van der Waals surface area contributed by atoms with Gasteiger partial charge >= 0.3 is 0 Å². The molecule has 0 spiro atoms. The second kappa shape index (κ2) is 12.6. The molecule has 0 radical (unpaired) electrons. The largest absolute Gasteiger partial charge is 0.366 e. The van der Waals surface area contributed by atoms with Crippen LogP contribution in [0.4, 0.5) is 20.2 Å². The van der Waals surface area contributed by atoms with Gasteiger partial charge in [0.15, 0.2) is 5.96 Å². The highest BCUT2D eigenvalue weighted by molar-refractivity contribution is 14.0. The van der Waals surface area contributed by atoms with E-state index in [9.17, 15) is 13.6 Å². The SMILES string of the molecule is CCNC(=NCCc1ccc(NC(C)=O)cc1)N1CCN(c2cc(F)ccc2F)CC1.I. The lowest BCUT2D eigenvalue weighted by atomic mass is 10.1. The second-order valence-corrected chi connectivity index (χ2v) is 7.43. The summed E-state index contributed by atoms with van der Waals surface area (Å²) in [5.74, 6) is -0.0941. The maximum absolute atomic E-state index is 14.1. The Kier molecular flexibility index (Phi) is 10.1. The molecule has 0 aromatic heterocycles. The Morgan fingerprint density at radius 2 is 1.75 bits per heavy atom. The molecular formula is C23H30F2IN5O. The monoisotopic (exact) mass is 557 g/mol. The predicted molar refractivity (Wildman–Crippen MR) is 136 cm³/mol. The van der Waals surface area contributed by atoms with Crippen molar-refractivity contribution < 1.29 is 13.6 Å². The molecule has 2 N–H and O–H groups in total. The van der Waals surface area contributed by atoms with Gasteiger partial charge in [-0.05, 0) is 43.2 Å². The predicted octanol–water partition coefficient (Wildman–Crippen LogP) is 3.87. The Bertz CT molecular complexity index is 915. The number of amides is 1. The fourth-order valence-electron chi connectivity index (χ4n) is 3.56. The van der Waals surface area contributed by atoms with Crippen LogP contribution in [0, 0.1) is 11.6 Å². The van der Waals surface area contributed by atoms with Gasteiger partial charge in [-0.1, -0.05) is 12.1 Å². The number of hydrogen-bond acceptors (Lipinski definition) is 3. The molecule has 1 saturated heterocycles. The summed E-state index contributed by atoms with van der Waals surface area (Å²) in [7, 11) is 0. The van der Waals surface area contributed by atoms with Gasteiger partial charge in [0.05, 0.1) is 5.69 Å². The first-order chi connectivity index (χ1) is 15.0. The van der Waals surface area contributed by atoms with Crippen LogP contribution in [0.2, 0.25) is 0 Å². The quantitative estimate of drug-likeness (QED) is 0.322. The van der Waals surface area contributed by atoms with Gasteiger partial charge in [0, 0.05) is 57.9 Å². The minimum atomic E-state index is -0.432. The van der Waals surface area contributed by atoms with E-state index in [-0.39, 0.29) is 29.9 Å². The van der Waals surface area contributed by atoms with E-state index in [0.29, 0.717) is 38.4 Å². The number of nitrogens with zero attached hydrogens (tertiary/aromatic N) is 3. The number of guanidine groups is 1. The first-order valence-electron chi connectivity index (χ1n) is 10.6. The molecule has 0 aliphatic carbocycles. The zero-order chi connectivity index (χ0) is 22.2. The number of carbonyl (C=O) groups excluding carboxylic acids is 1. The lowest BCUT2D eigenvalue weighted by Gasteiger charge is -2.37. The molecule has 1 aliphatic rings. The van der Waals surface area contributed by atoms with E-state index in [1.165, 1.54) is 19.1 Å². The van der Waals surface area contributed by atoms with Crippen molar-refractivity contribution in [2.45, 2.75) is 20.3 Å². The number of benzene rings is 2. The molecule has 1 aliphatic heterocycles. The zero-order valence-electron chi connectivity index (χ0n) is 18.4. The van der Waals surface area contributed by atoms with Crippen LogP contribution in [0.5, 0.6) is 0 Å². The average molecular weight is 557 g/mol. The maximum Gasteiger partial charge on any atom is 0.221 e. The third kappa shape index (κ3) is 7.32. The fraction of sp³-hybridized carbons (Fsp3) is 0.391. The van der Waals surface area contributed by atoms with E-state index in [2.05, 4.69) is 15.5 Å². The van der Waals surface area contributed by atoms with E-state index in [1.807, 2.05) is 36.1 Å². The van der Waals surface area contributed by atoms with Gasteiger partial charge < -0.3 is 20.4 Å².